The molecule has 2 aliphatic rings. The van der Waals surface area contributed by atoms with Crippen LogP contribution in [0.1, 0.15) is 81.5 Å². The smallest absolute Gasteiger partial charge is 0.123 e. The van der Waals surface area contributed by atoms with Gasteiger partial charge in [0.2, 0.25) is 0 Å². The highest BCUT2D eigenvalue weighted by Crippen LogP contribution is 2.47. The lowest BCUT2D eigenvalue weighted by Crippen LogP contribution is -2.40. The van der Waals surface area contributed by atoms with Crippen molar-refractivity contribution in [3.63, 3.8) is 0 Å². The van der Waals surface area contributed by atoms with Crippen LogP contribution in [0.3, 0.4) is 0 Å². The molecule has 0 bridgehead atoms. The summed E-state index contributed by atoms with van der Waals surface area (Å²) in [5, 5.41) is 0. The van der Waals surface area contributed by atoms with Crippen molar-refractivity contribution in [2.45, 2.75) is 70.1 Å². The lowest BCUT2D eigenvalue weighted by atomic mass is 10.0. The largest absolute Gasteiger partial charge is 0.399 e. The SMILES string of the molecule is CC(C)(C)N1CCC[C@H]1c1ncc(-c2ccc(C3CCC(c4ccc(N)cc4)N3c3ccc(F)cc3)cc2)[nH]1. The number of nitrogens with zero attached hydrogens (tertiary/aromatic N) is 3. The number of nitrogens with two attached hydrogens (primary N) is 1. The molecule has 202 valence electrons. The summed E-state index contributed by atoms with van der Waals surface area (Å²) in [6.45, 7) is 7.96. The van der Waals surface area contributed by atoms with E-state index in [-0.39, 0.29) is 23.4 Å². The maximum atomic E-state index is 13.8. The number of benzene rings is 3. The van der Waals surface area contributed by atoms with E-state index in [0.29, 0.717) is 6.04 Å². The summed E-state index contributed by atoms with van der Waals surface area (Å²) < 4.78 is 13.8. The molecule has 2 saturated heterocycles. The molecule has 1 aromatic heterocycles. The zero-order chi connectivity index (χ0) is 27.1. The molecule has 0 saturated carbocycles. The number of imidazole rings is 1. The van der Waals surface area contributed by atoms with Crippen LogP contribution in [0.2, 0.25) is 0 Å². The van der Waals surface area contributed by atoms with Gasteiger partial charge in [0, 0.05) is 16.9 Å². The Morgan fingerprint density at radius 2 is 1.44 bits per heavy atom. The second-order valence-electron chi connectivity index (χ2n) is 12.0. The monoisotopic (exact) mass is 523 g/mol. The zero-order valence-electron chi connectivity index (χ0n) is 23.1. The number of anilines is 2. The third-order valence-electron chi connectivity index (χ3n) is 8.46. The Balaban J connectivity index is 1.26. The maximum Gasteiger partial charge on any atom is 0.123 e. The van der Waals surface area contributed by atoms with E-state index in [1.807, 2.05) is 30.5 Å². The van der Waals surface area contributed by atoms with Gasteiger partial charge in [0.05, 0.1) is 30.0 Å². The molecule has 5 nitrogen and oxygen atoms in total. The third kappa shape index (κ3) is 5.06. The minimum atomic E-state index is -0.218. The van der Waals surface area contributed by atoms with Gasteiger partial charge in [-0.3, -0.25) is 4.90 Å². The van der Waals surface area contributed by atoms with E-state index in [2.05, 4.69) is 72.0 Å². The minimum Gasteiger partial charge on any atom is -0.399 e. The van der Waals surface area contributed by atoms with E-state index in [1.165, 1.54) is 17.5 Å². The van der Waals surface area contributed by atoms with Crippen molar-refractivity contribution >= 4 is 11.4 Å². The average Bonchev–Trinajstić information content (AvgIpc) is 3.69. The van der Waals surface area contributed by atoms with E-state index < -0.39 is 0 Å². The predicted octanol–water partition coefficient (Wildman–Crippen LogP) is 7.82. The van der Waals surface area contributed by atoms with Crippen molar-refractivity contribution < 1.29 is 4.39 Å². The first-order valence-corrected chi connectivity index (χ1v) is 14.1. The first kappa shape index (κ1) is 25.6. The molecule has 6 rings (SSSR count). The molecule has 0 spiro atoms. The highest BCUT2D eigenvalue weighted by Gasteiger charge is 2.36. The number of nitrogens with one attached hydrogen (secondary N) is 1. The second kappa shape index (κ2) is 10.2. The van der Waals surface area contributed by atoms with Gasteiger partial charge in [-0.2, -0.15) is 0 Å². The molecule has 0 radical (unpaired) electrons. The number of hydrogen-bond donors (Lipinski definition) is 2. The van der Waals surface area contributed by atoms with Crippen LogP contribution < -0.4 is 10.6 Å². The fraction of sp³-hybridized carbons (Fsp3) is 0.364. The number of hydrogen-bond acceptors (Lipinski definition) is 4. The predicted molar refractivity (Wildman–Crippen MR) is 157 cm³/mol. The van der Waals surface area contributed by atoms with Gasteiger partial charge in [-0.15, -0.1) is 0 Å². The van der Waals surface area contributed by atoms with E-state index in [0.717, 1.165) is 54.3 Å². The van der Waals surface area contributed by atoms with Gasteiger partial charge in [0.1, 0.15) is 11.6 Å². The van der Waals surface area contributed by atoms with Crippen LogP contribution in [-0.2, 0) is 0 Å². The van der Waals surface area contributed by atoms with Gasteiger partial charge in [0.25, 0.3) is 0 Å². The topological polar surface area (TPSA) is 61.2 Å². The van der Waals surface area contributed by atoms with Crippen molar-refractivity contribution in [2.24, 2.45) is 0 Å². The standard InChI is InChI=1S/C33H38FN5/c1-33(2,3)38-20-4-5-31(38)32-36-21-28(37-32)22-6-8-23(9-7-22)29-18-19-30(24-10-14-26(35)15-11-24)39(29)27-16-12-25(34)13-17-27/h6-17,21,29-31H,4-5,18-20,35H2,1-3H3,(H,36,37)/t29?,30?,31-/m0/s1. The number of likely N-dealkylation sites (tertiary alicyclic amines) is 1. The minimum absolute atomic E-state index is 0.123. The lowest BCUT2D eigenvalue weighted by Gasteiger charge is -2.36. The Morgan fingerprint density at radius 1 is 0.821 bits per heavy atom. The number of H-pyrrole nitrogens is 1. The van der Waals surface area contributed by atoms with Gasteiger partial charge < -0.3 is 15.6 Å². The van der Waals surface area contributed by atoms with E-state index >= 15 is 0 Å². The fourth-order valence-electron chi connectivity index (χ4n) is 6.55. The molecule has 2 unspecified atom stereocenters. The molecule has 4 aromatic rings. The summed E-state index contributed by atoms with van der Waals surface area (Å²) in [5.41, 5.74) is 12.6. The quantitative estimate of drug-likeness (QED) is 0.262. The van der Waals surface area contributed by atoms with Crippen LogP contribution in [0, 0.1) is 5.82 Å². The summed E-state index contributed by atoms with van der Waals surface area (Å²) in [7, 11) is 0. The molecule has 3 atom stereocenters. The van der Waals surface area contributed by atoms with Crippen LogP contribution in [0.5, 0.6) is 0 Å². The zero-order valence-corrected chi connectivity index (χ0v) is 23.1. The number of aromatic nitrogens is 2. The van der Waals surface area contributed by atoms with Crippen LogP contribution in [-0.4, -0.2) is 27.0 Å². The molecule has 39 heavy (non-hydrogen) atoms. The van der Waals surface area contributed by atoms with Gasteiger partial charge in [0.15, 0.2) is 0 Å². The lowest BCUT2D eigenvalue weighted by molar-refractivity contribution is 0.117. The molecule has 2 aliphatic heterocycles. The van der Waals surface area contributed by atoms with Gasteiger partial charge in [-0.05, 0) is 106 Å². The molecule has 3 N–H and O–H groups in total. The molecule has 3 heterocycles. The molecule has 6 heteroatoms. The Morgan fingerprint density at radius 3 is 2.05 bits per heavy atom. The van der Waals surface area contributed by atoms with Crippen LogP contribution in [0.4, 0.5) is 15.8 Å². The summed E-state index contributed by atoms with van der Waals surface area (Å²) >= 11 is 0. The molecule has 0 amide bonds. The van der Waals surface area contributed by atoms with Crippen molar-refractivity contribution in [3.8, 4) is 11.3 Å². The van der Waals surface area contributed by atoms with Crippen molar-refractivity contribution in [1.29, 1.82) is 0 Å². The first-order chi connectivity index (χ1) is 18.8. The molecule has 3 aromatic carbocycles. The van der Waals surface area contributed by atoms with Crippen molar-refractivity contribution in [1.82, 2.24) is 14.9 Å². The number of nitrogen functional groups attached to an aromatic ring is 1. The number of rotatable bonds is 5. The van der Waals surface area contributed by atoms with E-state index in [4.69, 9.17) is 10.7 Å². The Hall–Kier alpha value is -3.64. The molecule has 0 aliphatic carbocycles. The molecular weight excluding hydrogens is 485 g/mol. The summed E-state index contributed by atoms with van der Waals surface area (Å²) in [6, 6.07) is 24.6. The summed E-state index contributed by atoms with van der Waals surface area (Å²) in [6.07, 6.45) is 6.35. The normalized spacial score (nSPS) is 22.1. The second-order valence-corrected chi connectivity index (χ2v) is 12.0. The highest BCUT2D eigenvalue weighted by atomic mass is 19.1. The van der Waals surface area contributed by atoms with Crippen molar-refractivity contribution in [2.75, 3.05) is 17.2 Å². The summed E-state index contributed by atoms with van der Waals surface area (Å²) in [5.74, 6) is 0.844. The third-order valence-corrected chi connectivity index (χ3v) is 8.46. The molecular formula is C33H38FN5. The summed E-state index contributed by atoms with van der Waals surface area (Å²) in [4.78, 5) is 13.4. The van der Waals surface area contributed by atoms with Gasteiger partial charge in [-0.1, -0.05) is 36.4 Å². The van der Waals surface area contributed by atoms with Gasteiger partial charge >= 0.3 is 0 Å². The van der Waals surface area contributed by atoms with Crippen molar-refractivity contribution in [3.05, 3.63) is 102 Å². The Labute approximate surface area is 230 Å². The number of aromatic amines is 1. The van der Waals surface area contributed by atoms with E-state index in [1.54, 1.807) is 12.1 Å². The van der Waals surface area contributed by atoms with E-state index in [9.17, 15) is 4.39 Å². The molecule has 2 fully saturated rings. The Bertz CT molecular complexity index is 1400. The first-order valence-electron chi connectivity index (χ1n) is 14.1. The van der Waals surface area contributed by atoms with Crippen LogP contribution >= 0.6 is 0 Å². The van der Waals surface area contributed by atoms with Crippen LogP contribution in [0.25, 0.3) is 11.3 Å². The van der Waals surface area contributed by atoms with Gasteiger partial charge in [-0.25, -0.2) is 9.37 Å². The Kier molecular flexibility index (Phi) is 6.67. The average molecular weight is 524 g/mol. The maximum absolute atomic E-state index is 13.8. The fourth-order valence-corrected chi connectivity index (χ4v) is 6.55. The number of halogens is 1. The highest BCUT2D eigenvalue weighted by molar-refractivity contribution is 5.60. The van der Waals surface area contributed by atoms with Crippen LogP contribution in [0.15, 0.2) is 79.0 Å².